The molecular formula is C13H19NO5. The standard InChI is InChI=1S/C13H19NO5/c1-18-8-3-4-9(11(7-8)19-2)13(17)10(14)5-6-12(15)16/h3-4,7,10,13,17H,5-6,14H2,1-2H3,(H,15,16). The topological polar surface area (TPSA) is 102 Å². The van der Waals surface area contributed by atoms with Crippen LogP contribution in [0.1, 0.15) is 24.5 Å². The maximum Gasteiger partial charge on any atom is 0.303 e. The van der Waals surface area contributed by atoms with Crippen molar-refractivity contribution < 1.29 is 24.5 Å². The van der Waals surface area contributed by atoms with Gasteiger partial charge in [-0.2, -0.15) is 0 Å². The Morgan fingerprint density at radius 1 is 1.37 bits per heavy atom. The number of aliphatic carboxylic acids is 1. The number of benzene rings is 1. The van der Waals surface area contributed by atoms with E-state index in [9.17, 15) is 9.90 Å². The largest absolute Gasteiger partial charge is 0.497 e. The van der Waals surface area contributed by atoms with Gasteiger partial charge in [0, 0.05) is 24.1 Å². The van der Waals surface area contributed by atoms with Gasteiger partial charge in [0.15, 0.2) is 0 Å². The van der Waals surface area contributed by atoms with E-state index in [1.807, 2.05) is 0 Å². The zero-order valence-electron chi connectivity index (χ0n) is 11.0. The van der Waals surface area contributed by atoms with E-state index < -0.39 is 18.1 Å². The molecule has 106 valence electrons. The number of ether oxygens (including phenoxy) is 2. The molecule has 0 heterocycles. The molecule has 0 aliphatic carbocycles. The Bertz CT molecular complexity index is 435. The van der Waals surface area contributed by atoms with Crippen LogP contribution in [0.5, 0.6) is 11.5 Å². The van der Waals surface area contributed by atoms with Crippen LogP contribution < -0.4 is 15.2 Å². The van der Waals surface area contributed by atoms with Crippen molar-refractivity contribution in [2.75, 3.05) is 14.2 Å². The summed E-state index contributed by atoms with van der Waals surface area (Å²) in [6.45, 7) is 0. The Morgan fingerprint density at radius 3 is 2.58 bits per heavy atom. The summed E-state index contributed by atoms with van der Waals surface area (Å²) in [4.78, 5) is 10.5. The normalized spacial score (nSPS) is 13.7. The van der Waals surface area contributed by atoms with Crippen LogP contribution in [0.4, 0.5) is 0 Å². The summed E-state index contributed by atoms with van der Waals surface area (Å²) in [5.41, 5.74) is 6.31. The minimum Gasteiger partial charge on any atom is -0.497 e. The van der Waals surface area contributed by atoms with E-state index in [2.05, 4.69) is 0 Å². The third kappa shape index (κ3) is 4.11. The quantitative estimate of drug-likeness (QED) is 0.680. The number of carboxylic acid groups (broad SMARTS) is 1. The molecule has 0 amide bonds. The molecule has 0 radical (unpaired) electrons. The van der Waals surface area contributed by atoms with Gasteiger partial charge in [0.1, 0.15) is 11.5 Å². The molecule has 0 bridgehead atoms. The molecule has 6 heteroatoms. The van der Waals surface area contributed by atoms with Gasteiger partial charge in [-0.25, -0.2) is 0 Å². The lowest BCUT2D eigenvalue weighted by Crippen LogP contribution is -2.29. The first-order chi connectivity index (χ1) is 8.99. The van der Waals surface area contributed by atoms with E-state index in [1.54, 1.807) is 18.2 Å². The van der Waals surface area contributed by atoms with Crippen LogP contribution in [-0.4, -0.2) is 36.4 Å². The highest BCUT2D eigenvalue weighted by atomic mass is 16.5. The van der Waals surface area contributed by atoms with Crippen molar-refractivity contribution >= 4 is 5.97 Å². The van der Waals surface area contributed by atoms with E-state index in [-0.39, 0.29) is 12.8 Å². The highest BCUT2D eigenvalue weighted by Gasteiger charge is 2.21. The molecule has 1 rings (SSSR count). The summed E-state index contributed by atoms with van der Waals surface area (Å²) in [5.74, 6) is 0.119. The van der Waals surface area contributed by atoms with Crippen molar-refractivity contribution in [2.24, 2.45) is 5.73 Å². The van der Waals surface area contributed by atoms with Crippen LogP contribution in [0.3, 0.4) is 0 Å². The van der Waals surface area contributed by atoms with Crippen LogP contribution in [0, 0.1) is 0 Å². The summed E-state index contributed by atoms with van der Waals surface area (Å²) in [6.07, 6.45) is -0.886. The third-order valence-corrected chi connectivity index (χ3v) is 2.86. The van der Waals surface area contributed by atoms with E-state index >= 15 is 0 Å². The molecule has 2 unspecified atom stereocenters. The lowest BCUT2D eigenvalue weighted by molar-refractivity contribution is -0.137. The van der Waals surface area contributed by atoms with Crippen molar-refractivity contribution in [1.82, 2.24) is 0 Å². The first kappa shape index (κ1) is 15.3. The van der Waals surface area contributed by atoms with Gasteiger partial charge in [0.2, 0.25) is 0 Å². The van der Waals surface area contributed by atoms with Crippen molar-refractivity contribution in [1.29, 1.82) is 0 Å². The lowest BCUT2D eigenvalue weighted by Gasteiger charge is -2.21. The van der Waals surface area contributed by atoms with Gasteiger partial charge in [0.05, 0.1) is 20.3 Å². The number of hydrogen-bond acceptors (Lipinski definition) is 5. The molecule has 1 aromatic rings. The first-order valence-corrected chi connectivity index (χ1v) is 5.87. The number of hydrogen-bond donors (Lipinski definition) is 3. The summed E-state index contributed by atoms with van der Waals surface area (Å²) in [6, 6.07) is 4.31. The Labute approximate surface area is 111 Å². The molecule has 0 spiro atoms. The Kier molecular flexibility index (Phi) is 5.59. The summed E-state index contributed by atoms with van der Waals surface area (Å²) in [5, 5.41) is 18.7. The SMILES string of the molecule is COc1ccc(C(O)C(N)CCC(=O)O)c(OC)c1. The maximum absolute atomic E-state index is 10.5. The third-order valence-electron chi connectivity index (χ3n) is 2.86. The molecule has 1 aromatic carbocycles. The Hall–Kier alpha value is -1.79. The van der Waals surface area contributed by atoms with E-state index in [4.69, 9.17) is 20.3 Å². The molecule has 2 atom stereocenters. The average molecular weight is 269 g/mol. The van der Waals surface area contributed by atoms with Gasteiger partial charge in [-0.1, -0.05) is 0 Å². The second-order valence-corrected chi connectivity index (χ2v) is 4.15. The van der Waals surface area contributed by atoms with Gasteiger partial charge in [-0.05, 0) is 18.6 Å². The lowest BCUT2D eigenvalue weighted by atomic mass is 9.98. The number of methoxy groups -OCH3 is 2. The summed E-state index contributed by atoms with van der Waals surface area (Å²) >= 11 is 0. The minimum atomic E-state index is -0.986. The second-order valence-electron chi connectivity index (χ2n) is 4.15. The number of aliphatic hydroxyl groups excluding tert-OH is 1. The fourth-order valence-electron chi connectivity index (χ4n) is 1.74. The van der Waals surface area contributed by atoms with Gasteiger partial charge < -0.3 is 25.4 Å². The van der Waals surface area contributed by atoms with E-state index in [0.717, 1.165) is 0 Å². The molecular weight excluding hydrogens is 250 g/mol. The molecule has 0 saturated heterocycles. The van der Waals surface area contributed by atoms with E-state index in [1.165, 1.54) is 14.2 Å². The summed E-state index contributed by atoms with van der Waals surface area (Å²) < 4.78 is 10.2. The molecule has 4 N–H and O–H groups in total. The number of carboxylic acids is 1. The molecule has 0 saturated carbocycles. The number of rotatable bonds is 7. The maximum atomic E-state index is 10.5. The minimum absolute atomic E-state index is 0.0866. The van der Waals surface area contributed by atoms with Crippen LogP contribution >= 0.6 is 0 Å². The predicted octanol–water partition coefficient (Wildman–Crippen LogP) is 0.929. The van der Waals surface area contributed by atoms with Gasteiger partial charge in [0.25, 0.3) is 0 Å². The number of carbonyl (C=O) groups is 1. The number of aliphatic hydroxyl groups is 1. The molecule has 0 aliphatic heterocycles. The van der Waals surface area contributed by atoms with Crippen molar-refractivity contribution in [2.45, 2.75) is 25.0 Å². The zero-order chi connectivity index (χ0) is 14.4. The van der Waals surface area contributed by atoms with Gasteiger partial charge in [-0.3, -0.25) is 4.79 Å². The highest BCUT2D eigenvalue weighted by Crippen LogP contribution is 2.31. The molecule has 6 nitrogen and oxygen atoms in total. The Balaban J connectivity index is 2.85. The second kappa shape index (κ2) is 6.96. The zero-order valence-corrected chi connectivity index (χ0v) is 11.0. The predicted molar refractivity (Wildman–Crippen MR) is 69.4 cm³/mol. The molecule has 0 aliphatic rings. The Morgan fingerprint density at radius 2 is 2.05 bits per heavy atom. The van der Waals surface area contributed by atoms with Crippen LogP contribution in [0.2, 0.25) is 0 Å². The monoisotopic (exact) mass is 269 g/mol. The van der Waals surface area contributed by atoms with Crippen molar-refractivity contribution in [3.8, 4) is 11.5 Å². The van der Waals surface area contributed by atoms with Gasteiger partial charge in [-0.15, -0.1) is 0 Å². The fourth-order valence-corrected chi connectivity index (χ4v) is 1.74. The first-order valence-electron chi connectivity index (χ1n) is 5.87. The summed E-state index contributed by atoms with van der Waals surface area (Å²) in [7, 11) is 3.01. The fraction of sp³-hybridized carbons (Fsp3) is 0.462. The van der Waals surface area contributed by atoms with Crippen LogP contribution in [0.15, 0.2) is 18.2 Å². The molecule has 19 heavy (non-hydrogen) atoms. The smallest absolute Gasteiger partial charge is 0.303 e. The van der Waals surface area contributed by atoms with E-state index in [0.29, 0.717) is 17.1 Å². The van der Waals surface area contributed by atoms with Crippen molar-refractivity contribution in [3.05, 3.63) is 23.8 Å². The average Bonchev–Trinajstić information content (AvgIpc) is 2.42. The number of nitrogens with two attached hydrogens (primary N) is 1. The van der Waals surface area contributed by atoms with Gasteiger partial charge >= 0.3 is 5.97 Å². The molecule has 0 aromatic heterocycles. The van der Waals surface area contributed by atoms with Crippen molar-refractivity contribution in [3.63, 3.8) is 0 Å². The highest BCUT2D eigenvalue weighted by molar-refractivity contribution is 5.66. The van der Waals surface area contributed by atoms with Crippen LogP contribution in [-0.2, 0) is 4.79 Å². The van der Waals surface area contributed by atoms with Crippen LogP contribution in [0.25, 0.3) is 0 Å². The molecule has 0 fully saturated rings.